The Morgan fingerprint density at radius 1 is 1.09 bits per heavy atom. The van der Waals surface area contributed by atoms with Crippen molar-refractivity contribution in [2.24, 2.45) is 7.05 Å². The van der Waals surface area contributed by atoms with E-state index < -0.39 is 11.7 Å². The van der Waals surface area contributed by atoms with Gasteiger partial charge in [0.2, 0.25) is 0 Å². The number of pyridine rings is 1. The number of aromatic nitrogens is 5. The molecule has 0 spiro atoms. The van der Waals surface area contributed by atoms with Crippen molar-refractivity contribution in [3.63, 3.8) is 0 Å². The first-order valence-corrected chi connectivity index (χ1v) is 10.0. The van der Waals surface area contributed by atoms with Gasteiger partial charge in [0.05, 0.1) is 11.1 Å². The Labute approximate surface area is 185 Å². The number of alkyl halides is 3. The molecule has 0 aliphatic carbocycles. The summed E-state index contributed by atoms with van der Waals surface area (Å²) in [4.78, 5) is 16.8. The van der Waals surface area contributed by atoms with Crippen LogP contribution in [0.1, 0.15) is 21.5 Å². The fourth-order valence-corrected chi connectivity index (χ4v) is 3.80. The summed E-state index contributed by atoms with van der Waals surface area (Å²) in [7, 11) is 1.70. The van der Waals surface area contributed by atoms with Crippen LogP contribution in [0.4, 0.5) is 13.2 Å². The molecule has 0 aliphatic rings. The van der Waals surface area contributed by atoms with Crippen LogP contribution in [0.5, 0.6) is 0 Å². The third kappa shape index (κ3) is 3.69. The zero-order valence-corrected chi connectivity index (χ0v) is 17.3. The summed E-state index contributed by atoms with van der Waals surface area (Å²) >= 11 is 0. The number of hydrogen-bond donors (Lipinski definition) is 1. The average Bonchev–Trinajstić information content (AvgIpc) is 3.35. The van der Waals surface area contributed by atoms with Crippen molar-refractivity contribution in [2.45, 2.75) is 12.7 Å². The van der Waals surface area contributed by atoms with E-state index in [1.54, 1.807) is 53.0 Å². The van der Waals surface area contributed by atoms with E-state index in [4.69, 9.17) is 0 Å². The Kier molecular flexibility index (Phi) is 4.85. The van der Waals surface area contributed by atoms with Gasteiger partial charge in [0.25, 0.3) is 5.91 Å². The number of hydrogen-bond acceptors (Lipinski definition) is 4. The van der Waals surface area contributed by atoms with Gasteiger partial charge in [-0.05, 0) is 54.1 Å². The molecule has 3 aromatic heterocycles. The zero-order valence-electron chi connectivity index (χ0n) is 17.3. The summed E-state index contributed by atoms with van der Waals surface area (Å²) in [5, 5.41) is 11.8. The molecule has 33 heavy (non-hydrogen) atoms. The summed E-state index contributed by atoms with van der Waals surface area (Å²) in [5.41, 5.74) is 2.97. The molecule has 0 radical (unpaired) electrons. The molecule has 0 unspecified atom stereocenters. The number of nitrogens with zero attached hydrogens (tertiary/aromatic N) is 5. The second-order valence-electron chi connectivity index (χ2n) is 7.54. The molecular formula is C23H17F3N6O. The lowest BCUT2D eigenvalue weighted by Gasteiger charge is -2.11. The van der Waals surface area contributed by atoms with Crippen LogP contribution in [0.3, 0.4) is 0 Å². The van der Waals surface area contributed by atoms with Crippen molar-refractivity contribution in [2.75, 3.05) is 0 Å². The van der Waals surface area contributed by atoms with Crippen molar-refractivity contribution in [3.8, 4) is 5.69 Å². The molecule has 7 nitrogen and oxygen atoms in total. The molecule has 0 aliphatic heterocycles. The van der Waals surface area contributed by atoms with Gasteiger partial charge in [-0.25, -0.2) is 4.68 Å². The van der Waals surface area contributed by atoms with Crippen molar-refractivity contribution in [1.82, 2.24) is 29.9 Å². The maximum absolute atomic E-state index is 13.0. The van der Waals surface area contributed by atoms with E-state index in [9.17, 15) is 18.0 Å². The largest absolute Gasteiger partial charge is 0.416 e. The maximum atomic E-state index is 13.0. The van der Waals surface area contributed by atoms with Crippen LogP contribution in [0.25, 0.3) is 27.8 Å². The minimum atomic E-state index is -4.42. The summed E-state index contributed by atoms with van der Waals surface area (Å²) in [6, 6.07) is 13.7. The number of aryl methyl sites for hydroxylation is 1. The lowest BCUT2D eigenvalue weighted by atomic mass is 10.1. The van der Waals surface area contributed by atoms with E-state index in [1.165, 1.54) is 12.1 Å². The highest BCUT2D eigenvalue weighted by molar-refractivity contribution is 6.09. The smallest absolute Gasteiger partial charge is 0.348 e. The van der Waals surface area contributed by atoms with Gasteiger partial charge >= 0.3 is 6.18 Å². The molecule has 1 N–H and O–H groups in total. The minimum Gasteiger partial charge on any atom is -0.348 e. The van der Waals surface area contributed by atoms with E-state index in [1.807, 2.05) is 6.07 Å². The predicted molar refractivity (Wildman–Crippen MR) is 116 cm³/mol. The van der Waals surface area contributed by atoms with Gasteiger partial charge in [-0.2, -0.15) is 13.2 Å². The molecule has 166 valence electrons. The van der Waals surface area contributed by atoms with Crippen LogP contribution in [0.2, 0.25) is 0 Å². The van der Waals surface area contributed by atoms with Crippen molar-refractivity contribution in [3.05, 3.63) is 83.7 Å². The number of carbonyl (C=O) groups is 1. The fourth-order valence-electron chi connectivity index (χ4n) is 3.80. The van der Waals surface area contributed by atoms with Gasteiger partial charge in [-0.3, -0.25) is 14.3 Å². The quantitative estimate of drug-likeness (QED) is 0.444. The summed E-state index contributed by atoms with van der Waals surface area (Å²) in [6.45, 7) is 0.331. The number of fused-ring (bicyclic) bond motifs is 3. The Balaban J connectivity index is 1.55. The summed E-state index contributed by atoms with van der Waals surface area (Å²) < 4.78 is 42.3. The van der Waals surface area contributed by atoms with Gasteiger partial charge < -0.3 is 5.32 Å². The van der Waals surface area contributed by atoms with Gasteiger partial charge in [0.1, 0.15) is 5.52 Å². The van der Waals surface area contributed by atoms with Crippen LogP contribution in [0.15, 0.2) is 67.0 Å². The molecule has 5 aromatic rings. The molecule has 0 saturated heterocycles. The number of amides is 1. The fraction of sp³-hybridized carbons (Fsp3) is 0.130. The third-order valence-corrected chi connectivity index (χ3v) is 5.39. The molecule has 1 amide bonds. The van der Waals surface area contributed by atoms with Crippen LogP contribution >= 0.6 is 0 Å². The van der Waals surface area contributed by atoms with Crippen molar-refractivity contribution < 1.29 is 18.0 Å². The van der Waals surface area contributed by atoms with Crippen molar-refractivity contribution in [1.29, 1.82) is 0 Å². The lowest BCUT2D eigenvalue weighted by Crippen LogP contribution is -2.22. The molecule has 3 heterocycles. The molecule has 5 rings (SSSR count). The van der Waals surface area contributed by atoms with Crippen LogP contribution in [-0.4, -0.2) is 30.5 Å². The van der Waals surface area contributed by atoms with Crippen LogP contribution in [0, 0.1) is 0 Å². The molecule has 0 bridgehead atoms. The third-order valence-electron chi connectivity index (χ3n) is 5.39. The number of carbonyl (C=O) groups excluding carboxylic acids is 1. The lowest BCUT2D eigenvalue weighted by molar-refractivity contribution is -0.137. The van der Waals surface area contributed by atoms with Gasteiger partial charge in [-0.1, -0.05) is 11.3 Å². The first kappa shape index (κ1) is 20.7. The van der Waals surface area contributed by atoms with E-state index in [2.05, 4.69) is 20.6 Å². The minimum absolute atomic E-state index is 0.264. The zero-order chi connectivity index (χ0) is 23.2. The molecule has 0 saturated carbocycles. The van der Waals surface area contributed by atoms with Crippen LogP contribution in [-0.2, 0) is 19.8 Å². The second-order valence-corrected chi connectivity index (χ2v) is 7.54. The highest BCUT2D eigenvalue weighted by Crippen LogP contribution is 2.33. The maximum Gasteiger partial charge on any atom is 0.416 e. The number of rotatable bonds is 4. The van der Waals surface area contributed by atoms with E-state index in [0.29, 0.717) is 39.9 Å². The SMILES string of the molecule is Cn1nnc2c3cc(C(=O)NCc4cccnc4)ccc3n(-c3ccc(C(F)(F)F)cc3)c21. The summed E-state index contributed by atoms with van der Waals surface area (Å²) in [5.74, 6) is -0.264. The number of benzene rings is 2. The molecule has 2 aromatic carbocycles. The standard InChI is InChI=1S/C23H17F3N6O/c1-31-22-20(29-30-31)18-11-15(21(33)28-13-14-3-2-10-27-12-14)4-9-19(18)32(22)17-7-5-16(6-8-17)23(24,25)26/h2-12H,13H2,1H3,(H,28,33). The second kappa shape index (κ2) is 7.73. The first-order chi connectivity index (χ1) is 15.8. The van der Waals surface area contributed by atoms with E-state index >= 15 is 0 Å². The topological polar surface area (TPSA) is 77.6 Å². The monoisotopic (exact) mass is 450 g/mol. The van der Waals surface area contributed by atoms with E-state index in [0.717, 1.165) is 17.7 Å². The number of nitrogens with one attached hydrogen (secondary N) is 1. The highest BCUT2D eigenvalue weighted by Gasteiger charge is 2.30. The molecule has 0 atom stereocenters. The Bertz CT molecular complexity index is 1470. The normalized spacial score (nSPS) is 11.9. The van der Waals surface area contributed by atoms with Gasteiger partial charge in [0, 0.05) is 42.6 Å². The van der Waals surface area contributed by atoms with E-state index in [-0.39, 0.29) is 5.91 Å². The van der Waals surface area contributed by atoms with Gasteiger partial charge in [-0.15, -0.1) is 5.10 Å². The number of halogens is 3. The Hall–Kier alpha value is -4.21. The van der Waals surface area contributed by atoms with Gasteiger partial charge in [0.15, 0.2) is 5.65 Å². The summed E-state index contributed by atoms with van der Waals surface area (Å²) in [6.07, 6.45) is -1.08. The highest BCUT2D eigenvalue weighted by atomic mass is 19.4. The van der Waals surface area contributed by atoms with Crippen LogP contribution < -0.4 is 5.32 Å². The molecule has 0 fully saturated rings. The predicted octanol–water partition coefficient (Wildman–Crippen LogP) is 4.26. The Morgan fingerprint density at radius 3 is 2.58 bits per heavy atom. The molecular weight excluding hydrogens is 433 g/mol. The average molecular weight is 450 g/mol. The Morgan fingerprint density at radius 2 is 1.88 bits per heavy atom. The van der Waals surface area contributed by atoms with Crippen molar-refractivity contribution >= 4 is 28.0 Å². The molecule has 10 heteroatoms. The first-order valence-electron chi connectivity index (χ1n) is 10.0.